The van der Waals surface area contributed by atoms with Gasteiger partial charge in [0.2, 0.25) is 5.78 Å². The van der Waals surface area contributed by atoms with E-state index in [4.69, 9.17) is 4.74 Å². The van der Waals surface area contributed by atoms with E-state index in [0.717, 1.165) is 30.0 Å². The van der Waals surface area contributed by atoms with Gasteiger partial charge in [-0.1, -0.05) is 18.2 Å². The van der Waals surface area contributed by atoms with Crippen LogP contribution in [-0.2, 0) is 14.6 Å². The zero-order chi connectivity index (χ0) is 20.5. The molecule has 0 amide bonds. The van der Waals surface area contributed by atoms with Crippen LogP contribution in [0, 0.1) is 10.1 Å². The monoisotopic (exact) mass is 402 g/mol. The highest BCUT2D eigenvalue weighted by Gasteiger charge is 2.25. The van der Waals surface area contributed by atoms with E-state index in [0.29, 0.717) is 10.9 Å². The maximum absolute atomic E-state index is 12.3. The number of nitrogens with one attached hydrogen (secondary N) is 1. The molecule has 10 heteroatoms. The average Bonchev–Trinajstić information content (AvgIpc) is 3.08. The van der Waals surface area contributed by atoms with Crippen LogP contribution in [0.5, 0.6) is 0 Å². The molecule has 0 bridgehead atoms. The normalized spacial score (nSPS) is 11.3. The van der Waals surface area contributed by atoms with E-state index in [-0.39, 0.29) is 5.56 Å². The number of sulfone groups is 1. The molecule has 0 aliphatic heterocycles. The number of carbonyl (C=O) groups is 2. The molecule has 0 fully saturated rings. The molecular formula is C18H14N2O7S. The van der Waals surface area contributed by atoms with E-state index < -0.39 is 43.7 Å². The van der Waals surface area contributed by atoms with Crippen LogP contribution in [0.25, 0.3) is 10.9 Å². The Bertz CT molecular complexity index is 1210. The van der Waals surface area contributed by atoms with Crippen LogP contribution in [0.2, 0.25) is 0 Å². The number of fused-ring (bicyclic) bond motifs is 1. The number of hydrogen-bond acceptors (Lipinski definition) is 7. The number of ether oxygens (including phenoxy) is 1. The molecule has 0 saturated carbocycles. The van der Waals surface area contributed by atoms with E-state index >= 15 is 0 Å². The molecule has 0 saturated heterocycles. The predicted octanol–water partition coefficient (Wildman–Crippen LogP) is 2.52. The minimum atomic E-state index is -3.85. The first kappa shape index (κ1) is 19.2. The molecule has 28 heavy (non-hydrogen) atoms. The van der Waals surface area contributed by atoms with Crippen molar-refractivity contribution in [1.29, 1.82) is 0 Å². The van der Waals surface area contributed by atoms with Gasteiger partial charge in [0.1, 0.15) is 4.90 Å². The summed E-state index contributed by atoms with van der Waals surface area (Å²) in [6.07, 6.45) is 2.33. The molecule has 144 valence electrons. The first-order chi connectivity index (χ1) is 13.2. The third-order valence-electron chi connectivity index (χ3n) is 4.01. The lowest BCUT2D eigenvalue weighted by Gasteiger charge is -2.06. The van der Waals surface area contributed by atoms with E-state index in [1.54, 1.807) is 24.3 Å². The predicted molar refractivity (Wildman–Crippen MR) is 99.1 cm³/mol. The molecule has 2 aromatic carbocycles. The quantitative estimate of drug-likeness (QED) is 0.289. The number of aromatic nitrogens is 1. The van der Waals surface area contributed by atoms with Gasteiger partial charge in [-0.3, -0.25) is 14.9 Å². The summed E-state index contributed by atoms with van der Waals surface area (Å²) in [5.74, 6) is -1.43. The second-order valence-electron chi connectivity index (χ2n) is 5.96. The van der Waals surface area contributed by atoms with Crippen LogP contribution in [-0.4, -0.2) is 42.9 Å². The number of hydrogen-bond donors (Lipinski definition) is 1. The highest BCUT2D eigenvalue weighted by molar-refractivity contribution is 7.90. The van der Waals surface area contributed by atoms with E-state index in [2.05, 4.69) is 4.98 Å². The van der Waals surface area contributed by atoms with Gasteiger partial charge in [-0.25, -0.2) is 13.2 Å². The van der Waals surface area contributed by atoms with Crippen molar-refractivity contribution in [3.05, 3.63) is 69.9 Å². The Kier molecular flexibility index (Phi) is 4.97. The molecule has 9 nitrogen and oxygen atoms in total. The van der Waals surface area contributed by atoms with Gasteiger partial charge in [-0.2, -0.15) is 0 Å². The second kappa shape index (κ2) is 7.24. The molecule has 1 aromatic heterocycles. The van der Waals surface area contributed by atoms with E-state index in [9.17, 15) is 28.1 Å². The number of benzene rings is 2. The zero-order valence-electron chi connectivity index (χ0n) is 14.5. The van der Waals surface area contributed by atoms with Gasteiger partial charge in [0.15, 0.2) is 16.4 Å². The van der Waals surface area contributed by atoms with Crippen molar-refractivity contribution in [3.8, 4) is 0 Å². The number of nitro benzene ring substituents is 1. The van der Waals surface area contributed by atoms with Gasteiger partial charge in [0, 0.05) is 35.0 Å². The van der Waals surface area contributed by atoms with Gasteiger partial charge in [-0.05, 0) is 18.2 Å². The Morgan fingerprint density at radius 1 is 1.18 bits per heavy atom. The fourth-order valence-electron chi connectivity index (χ4n) is 2.69. The lowest BCUT2D eigenvalue weighted by Crippen LogP contribution is -2.14. The molecule has 1 N–H and O–H groups in total. The van der Waals surface area contributed by atoms with E-state index in [1.165, 1.54) is 6.20 Å². The topological polar surface area (TPSA) is 136 Å². The highest BCUT2D eigenvalue weighted by atomic mass is 32.2. The molecule has 3 rings (SSSR count). The van der Waals surface area contributed by atoms with Crippen molar-refractivity contribution in [2.75, 3.05) is 12.9 Å². The van der Waals surface area contributed by atoms with Crippen LogP contribution in [0.4, 0.5) is 5.69 Å². The summed E-state index contributed by atoms with van der Waals surface area (Å²) in [5, 5.41) is 11.8. The van der Waals surface area contributed by atoms with Gasteiger partial charge >= 0.3 is 5.97 Å². The fourth-order valence-corrected chi connectivity index (χ4v) is 3.52. The van der Waals surface area contributed by atoms with Gasteiger partial charge in [-0.15, -0.1) is 0 Å². The summed E-state index contributed by atoms with van der Waals surface area (Å²) in [6.45, 7) is -0.567. The summed E-state index contributed by atoms with van der Waals surface area (Å²) in [7, 11) is -3.85. The number of H-pyrrole nitrogens is 1. The summed E-state index contributed by atoms with van der Waals surface area (Å²) >= 11 is 0. The fraction of sp³-hybridized carbons (Fsp3) is 0.111. The third kappa shape index (κ3) is 3.76. The lowest BCUT2D eigenvalue weighted by atomic mass is 10.1. The second-order valence-corrected chi connectivity index (χ2v) is 7.94. The summed E-state index contributed by atoms with van der Waals surface area (Å²) in [4.78, 5) is 37.1. The number of ketones is 1. The standard InChI is InChI=1S/C18H14N2O7S/c1-28(25,26)17-7-6-11(8-15(17)20(23)24)18(22)27-10-16(21)13-9-19-14-5-3-2-4-12(13)14/h2-9,19H,10H2,1H3. The number of rotatable bonds is 6. The SMILES string of the molecule is CS(=O)(=O)c1ccc(C(=O)OCC(=O)c2c[nH]c3ccccc23)cc1[N+](=O)[O-]. The first-order valence-electron chi connectivity index (χ1n) is 7.93. The van der Waals surface area contributed by atoms with Crippen molar-refractivity contribution in [3.63, 3.8) is 0 Å². The molecule has 3 aromatic rings. The first-order valence-corrected chi connectivity index (χ1v) is 9.82. The van der Waals surface area contributed by atoms with Crippen LogP contribution < -0.4 is 0 Å². The molecule has 0 spiro atoms. The largest absolute Gasteiger partial charge is 0.454 e. The van der Waals surface area contributed by atoms with Crippen molar-refractivity contribution in [2.45, 2.75) is 4.90 Å². The number of para-hydroxylation sites is 1. The van der Waals surface area contributed by atoms with Crippen LogP contribution in [0.1, 0.15) is 20.7 Å². The van der Waals surface area contributed by atoms with Gasteiger partial charge < -0.3 is 9.72 Å². The van der Waals surface area contributed by atoms with Crippen molar-refractivity contribution in [2.24, 2.45) is 0 Å². The minimum absolute atomic E-state index is 0.231. The molecule has 0 radical (unpaired) electrons. The van der Waals surface area contributed by atoms with Crippen LogP contribution in [0.3, 0.4) is 0 Å². The number of nitro groups is 1. The highest BCUT2D eigenvalue weighted by Crippen LogP contribution is 2.25. The number of aromatic amines is 1. The summed E-state index contributed by atoms with van der Waals surface area (Å²) < 4.78 is 28.2. The van der Waals surface area contributed by atoms with Crippen molar-refractivity contribution >= 4 is 38.2 Å². The smallest absolute Gasteiger partial charge is 0.338 e. The number of esters is 1. The Labute approximate surface area is 159 Å². The zero-order valence-corrected chi connectivity index (χ0v) is 15.4. The lowest BCUT2D eigenvalue weighted by molar-refractivity contribution is -0.387. The molecule has 0 aliphatic carbocycles. The molecule has 1 heterocycles. The van der Waals surface area contributed by atoms with Crippen LogP contribution >= 0.6 is 0 Å². The minimum Gasteiger partial charge on any atom is -0.454 e. The molecule has 0 unspecified atom stereocenters. The summed E-state index contributed by atoms with van der Waals surface area (Å²) in [5.41, 5.74) is 0.136. The van der Waals surface area contributed by atoms with Crippen LogP contribution in [0.15, 0.2) is 53.6 Å². The number of Topliss-reactive ketones (excluding diaryl/α,β-unsaturated/α-hetero) is 1. The maximum Gasteiger partial charge on any atom is 0.338 e. The van der Waals surface area contributed by atoms with E-state index in [1.807, 2.05) is 0 Å². The molecule has 0 aliphatic rings. The van der Waals surface area contributed by atoms with Gasteiger partial charge in [0.05, 0.1) is 10.5 Å². The Morgan fingerprint density at radius 2 is 1.89 bits per heavy atom. The Morgan fingerprint density at radius 3 is 2.57 bits per heavy atom. The molecular weight excluding hydrogens is 388 g/mol. The Balaban J connectivity index is 1.79. The number of carbonyl (C=O) groups excluding carboxylic acids is 2. The van der Waals surface area contributed by atoms with Gasteiger partial charge in [0.25, 0.3) is 5.69 Å². The van der Waals surface area contributed by atoms with Crippen molar-refractivity contribution in [1.82, 2.24) is 4.98 Å². The Hall–Kier alpha value is -3.53. The molecule has 0 atom stereocenters. The van der Waals surface area contributed by atoms with Crippen molar-refractivity contribution < 1.29 is 27.7 Å². The summed E-state index contributed by atoms with van der Waals surface area (Å²) in [6, 6.07) is 9.98. The maximum atomic E-state index is 12.3. The number of nitrogens with zero attached hydrogens (tertiary/aromatic N) is 1. The average molecular weight is 402 g/mol. The third-order valence-corrected chi connectivity index (χ3v) is 5.16.